The maximum absolute atomic E-state index is 11.5. The van der Waals surface area contributed by atoms with E-state index < -0.39 is 0 Å². The second kappa shape index (κ2) is 7.87. The molecule has 0 rings (SSSR count). The summed E-state index contributed by atoms with van der Waals surface area (Å²) in [6.07, 6.45) is 0. The molecule has 0 spiro atoms. The van der Waals surface area contributed by atoms with E-state index in [1.54, 1.807) is 6.92 Å². The van der Waals surface area contributed by atoms with Crippen LogP contribution in [0.4, 0.5) is 0 Å². The molecule has 0 aliphatic heterocycles. The van der Waals surface area contributed by atoms with Gasteiger partial charge in [0.05, 0.1) is 13.2 Å². The minimum atomic E-state index is -0.380. The number of hydrogen-bond donors (Lipinski definition) is 2. The van der Waals surface area contributed by atoms with Gasteiger partial charge in [0.2, 0.25) is 11.8 Å². The van der Waals surface area contributed by atoms with Crippen LogP contribution < -0.4 is 10.6 Å². The third-order valence-electron chi connectivity index (χ3n) is 2.13. The van der Waals surface area contributed by atoms with E-state index in [-0.39, 0.29) is 17.2 Å². The zero-order valence-corrected chi connectivity index (χ0v) is 11.8. The van der Waals surface area contributed by atoms with Crippen molar-refractivity contribution in [2.24, 2.45) is 5.41 Å². The van der Waals surface area contributed by atoms with Crippen LogP contribution in [-0.4, -0.2) is 38.1 Å². The van der Waals surface area contributed by atoms with Crippen LogP contribution in [0.15, 0.2) is 12.2 Å². The van der Waals surface area contributed by atoms with E-state index in [0.717, 1.165) is 0 Å². The van der Waals surface area contributed by atoms with Gasteiger partial charge in [0.1, 0.15) is 0 Å². The molecule has 0 saturated carbocycles. The molecule has 0 atom stereocenters. The fourth-order valence-corrected chi connectivity index (χ4v) is 0.992. The number of amides is 2. The molecule has 0 heterocycles. The summed E-state index contributed by atoms with van der Waals surface area (Å²) >= 11 is 0. The van der Waals surface area contributed by atoms with Gasteiger partial charge in [-0.2, -0.15) is 0 Å². The Balaban J connectivity index is 3.45. The Labute approximate surface area is 109 Å². The van der Waals surface area contributed by atoms with Crippen LogP contribution in [0.2, 0.25) is 0 Å². The van der Waals surface area contributed by atoms with Crippen molar-refractivity contribution in [3.63, 3.8) is 0 Å². The highest BCUT2D eigenvalue weighted by Crippen LogP contribution is 2.11. The van der Waals surface area contributed by atoms with Gasteiger partial charge < -0.3 is 15.4 Å². The van der Waals surface area contributed by atoms with Crippen molar-refractivity contribution < 1.29 is 14.3 Å². The molecular formula is C13H24N2O3. The lowest BCUT2D eigenvalue weighted by molar-refractivity contribution is -0.128. The Hall–Kier alpha value is -1.36. The average Bonchev–Trinajstić information content (AvgIpc) is 2.25. The van der Waals surface area contributed by atoms with Crippen molar-refractivity contribution >= 4 is 11.8 Å². The third-order valence-corrected chi connectivity index (χ3v) is 2.13. The van der Waals surface area contributed by atoms with E-state index >= 15 is 0 Å². The van der Waals surface area contributed by atoms with Gasteiger partial charge in [-0.25, -0.2) is 0 Å². The first kappa shape index (κ1) is 16.6. The van der Waals surface area contributed by atoms with Gasteiger partial charge >= 0.3 is 0 Å². The summed E-state index contributed by atoms with van der Waals surface area (Å²) in [6, 6.07) is 0. The Morgan fingerprint density at radius 3 is 2.06 bits per heavy atom. The maximum atomic E-state index is 11.5. The van der Waals surface area contributed by atoms with Crippen molar-refractivity contribution in [3.8, 4) is 0 Å². The molecule has 5 nitrogen and oxygen atoms in total. The van der Waals surface area contributed by atoms with Gasteiger partial charge in [0, 0.05) is 24.1 Å². The third kappa shape index (κ3) is 7.84. The normalized spacial score (nSPS) is 10.9. The molecule has 0 aliphatic carbocycles. The average molecular weight is 256 g/mol. The molecule has 0 radical (unpaired) electrons. The van der Waals surface area contributed by atoms with E-state index in [4.69, 9.17) is 4.74 Å². The summed E-state index contributed by atoms with van der Waals surface area (Å²) in [5, 5.41) is 5.43. The minimum Gasteiger partial charge on any atom is -0.378 e. The maximum Gasteiger partial charge on any atom is 0.246 e. The van der Waals surface area contributed by atoms with Gasteiger partial charge in [-0.3, -0.25) is 9.59 Å². The number of ether oxygens (including phenoxy) is 1. The fraction of sp³-hybridized carbons (Fsp3) is 0.692. The second-order valence-electron chi connectivity index (χ2n) is 5.15. The highest BCUT2D eigenvalue weighted by atomic mass is 16.5. The summed E-state index contributed by atoms with van der Waals surface area (Å²) < 4.78 is 5.27. The van der Waals surface area contributed by atoms with Crippen molar-refractivity contribution in [2.45, 2.75) is 27.7 Å². The molecule has 0 fully saturated rings. The van der Waals surface area contributed by atoms with Crippen LogP contribution in [0, 0.1) is 5.41 Å². The van der Waals surface area contributed by atoms with Crippen LogP contribution in [-0.2, 0) is 14.3 Å². The van der Waals surface area contributed by atoms with Crippen molar-refractivity contribution in [1.82, 2.24) is 10.6 Å². The second-order valence-corrected chi connectivity index (χ2v) is 5.15. The summed E-state index contributed by atoms with van der Waals surface area (Å²) in [5.41, 5.74) is 0.0996. The first-order valence-corrected chi connectivity index (χ1v) is 6.05. The Bertz CT molecular complexity index is 306. The molecule has 18 heavy (non-hydrogen) atoms. The van der Waals surface area contributed by atoms with Crippen LogP contribution in [0.5, 0.6) is 0 Å². The zero-order valence-electron chi connectivity index (χ0n) is 11.8. The standard InChI is InChI=1S/C13H24N2O3/c1-10(2)11(16)14-6-8-18-9-7-15-12(17)13(3,4)5/h1,6-9H2,2-5H3,(H,14,16)(H,15,17). The largest absolute Gasteiger partial charge is 0.378 e. The molecule has 0 bridgehead atoms. The highest BCUT2D eigenvalue weighted by molar-refractivity contribution is 5.92. The lowest BCUT2D eigenvalue weighted by Gasteiger charge is -2.17. The lowest BCUT2D eigenvalue weighted by atomic mass is 9.96. The topological polar surface area (TPSA) is 67.4 Å². The van der Waals surface area contributed by atoms with Gasteiger partial charge in [-0.1, -0.05) is 27.4 Å². The number of nitrogens with one attached hydrogen (secondary N) is 2. The summed E-state index contributed by atoms with van der Waals surface area (Å²) in [7, 11) is 0. The van der Waals surface area contributed by atoms with E-state index in [9.17, 15) is 9.59 Å². The van der Waals surface area contributed by atoms with Gasteiger partial charge in [0.15, 0.2) is 0 Å². The molecule has 2 N–H and O–H groups in total. The summed E-state index contributed by atoms with van der Waals surface area (Å²) in [4.78, 5) is 22.6. The molecule has 0 aliphatic rings. The Kier molecular flexibility index (Phi) is 7.27. The van der Waals surface area contributed by atoms with E-state index in [1.807, 2.05) is 20.8 Å². The molecule has 0 saturated heterocycles. The predicted molar refractivity (Wildman–Crippen MR) is 71.1 cm³/mol. The quantitative estimate of drug-likeness (QED) is 0.524. The Morgan fingerprint density at radius 1 is 1.11 bits per heavy atom. The molecule has 104 valence electrons. The molecule has 0 aromatic rings. The molecular weight excluding hydrogens is 232 g/mol. The van der Waals surface area contributed by atoms with Crippen LogP contribution in [0.1, 0.15) is 27.7 Å². The van der Waals surface area contributed by atoms with Crippen molar-refractivity contribution in [2.75, 3.05) is 26.3 Å². The molecule has 0 unspecified atom stereocenters. The number of rotatable bonds is 7. The van der Waals surface area contributed by atoms with E-state index in [0.29, 0.717) is 31.9 Å². The van der Waals surface area contributed by atoms with Gasteiger partial charge in [-0.15, -0.1) is 0 Å². The smallest absolute Gasteiger partial charge is 0.246 e. The SMILES string of the molecule is C=C(C)C(=O)NCCOCCNC(=O)C(C)(C)C. The number of carbonyl (C=O) groups is 2. The first-order chi connectivity index (χ1) is 8.25. The van der Waals surface area contributed by atoms with Crippen LogP contribution in [0.3, 0.4) is 0 Å². The molecule has 0 aromatic heterocycles. The van der Waals surface area contributed by atoms with E-state index in [1.165, 1.54) is 0 Å². The molecule has 5 heteroatoms. The van der Waals surface area contributed by atoms with Crippen LogP contribution >= 0.6 is 0 Å². The number of carbonyl (C=O) groups excluding carboxylic acids is 2. The van der Waals surface area contributed by atoms with Crippen molar-refractivity contribution in [3.05, 3.63) is 12.2 Å². The summed E-state index contributed by atoms with van der Waals surface area (Å²) in [6.45, 7) is 12.5. The predicted octanol–water partition coefficient (Wildman–Crippen LogP) is 0.858. The first-order valence-electron chi connectivity index (χ1n) is 6.05. The van der Waals surface area contributed by atoms with Gasteiger partial charge in [-0.05, 0) is 6.92 Å². The minimum absolute atomic E-state index is 0.00156. The zero-order chi connectivity index (χ0) is 14.2. The number of hydrogen-bond acceptors (Lipinski definition) is 3. The fourth-order valence-electron chi connectivity index (χ4n) is 0.992. The van der Waals surface area contributed by atoms with Crippen molar-refractivity contribution in [1.29, 1.82) is 0 Å². The highest BCUT2D eigenvalue weighted by Gasteiger charge is 2.20. The Morgan fingerprint density at radius 2 is 1.61 bits per heavy atom. The molecule has 2 amide bonds. The van der Waals surface area contributed by atoms with Gasteiger partial charge in [0.25, 0.3) is 0 Å². The lowest BCUT2D eigenvalue weighted by Crippen LogP contribution is -2.37. The summed E-state index contributed by atoms with van der Waals surface area (Å²) in [5.74, 6) is -0.165. The van der Waals surface area contributed by atoms with Crippen LogP contribution in [0.25, 0.3) is 0 Å². The molecule has 0 aromatic carbocycles. The monoisotopic (exact) mass is 256 g/mol. The van der Waals surface area contributed by atoms with E-state index in [2.05, 4.69) is 17.2 Å².